The summed E-state index contributed by atoms with van der Waals surface area (Å²) in [5.41, 5.74) is 6.81. The third-order valence-corrected chi connectivity index (χ3v) is 3.44. The molecule has 2 rings (SSSR count). The van der Waals surface area contributed by atoms with Gasteiger partial charge in [-0.1, -0.05) is 30.3 Å². The van der Waals surface area contributed by atoms with Gasteiger partial charge in [0.05, 0.1) is 6.04 Å². The summed E-state index contributed by atoms with van der Waals surface area (Å²) in [5, 5.41) is 0. The van der Waals surface area contributed by atoms with E-state index < -0.39 is 0 Å². The third-order valence-electron chi connectivity index (χ3n) is 3.44. The van der Waals surface area contributed by atoms with Crippen LogP contribution in [0.2, 0.25) is 0 Å². The van der Waals surface area contributed by atoms with Gasteiger partial charge in [-0.15, -0.1) is 0 Å². The quantitative estimate of drug-likeness (QED) is 0.859. The second-order valence-electron chi connectivity index (χ2n) is 4.56. The van der Waals surface area contributed by atoms with Crippen molar-refractivity contribution in [2.45, 2.75) is 19.0 Å². The first-order valence-electron chi connectivity index (χ1n) is 5.93. The summed E-state index contributed by atoms with van der Waals surface area (Å²) in [6.07, 6.45) is 0. The summed E-state index contributed by atoms with van der Waals surface area (Å²) < 4.78 is 0. The fourth-order valence-electron chi connectivity index (χ4n) is 2.22. The molecule has 0 spiro atoms. The molecule has 1 aromatic carbocycles. The largest absolute Gasteiger partial charge is 0.328 e. The highest BCUT2D eigenvalue weighted by Gasteiger charge is 2.37. The van der Waals surface area contributed by atoms with Crippen molar-refractivity contribution in [1.29, 1.82) is 0 Å². The molecule has 0 aliphatic carbocycles. The van der Waals surface area contributed by atoms with Crippen molar-refractivity contribution in [3.8, 4) is 0 Å². The number of carbonyl (C=O) groups is 1. The Hall–Kier alpha value is -1.55. The smallest absolute Gasteiger partial charge is 0.320 e. The Bertz CT molecular complexity index is 393. The lowest BCUT2D eigenvalue weighted by Crippen LogP contribution is -2.40. The van der Waals surface area contributed by atoms with Crippen LogP contribution in [0.4, 0.5) is 4.79 Å². The van der Waals surface area contributed by atoms with E-state index in [9.17, 15) is 4.79 Å². The second kappa shape index (κ2) is 4.75. The number of hydrogen-bond donors (Lipinski definition) is 1. The Morgan fingerprint density at radius 1 is 1.41 bits per heavy atom. The lowest BCUT2D eigenvalue weighted by Gasteiger charge is -2.21. The normalized spacial score (nSPS) is 22.1. The fraction of sp³-hybridized carbons (Fsp3) is 0.462. The van der Waals surface area contributed by atoms with Crippen molar-refractivity contribution < 1.29 is 4.79 Å². The molecule has 1 aliphatic heterocycles. The van der Waals surface area contributed by atoms with Crippen LogP contribution in [0.5, 0.6) is 0 Å². The van der Waals surface area contributed by atoms with Crippen LogP contribution in [0.3, 0.4) is 0 Å². The molecule has 2 N–H and O–H groups in total. The van der Waals surface area contributed by atoms with Crippen LogP contribution in [0.25, 0.3) is 0 Å². The number of nitrogens with two attached hydrogens (primary N) is 1. The summed E-state index contributed by atoms with van der Waals surface area (Å²) in [5.74, 6) is 0. The molecule has 0 radical (unpaired) electrons. The first kappa shape index (κ1) is 11.9. The van der Waals surface area contributed by atoms with Gasteiger partial charge >= 0.3 is 6.03 Å². The van der Waals surface area contributed by atoms with E-state index in [2.05, 4.69) is 12.1 Å². The molecule has 1 heterocycles. The molecular formula is C13H19N3O. The van der Waals surface area contributed by atoms with Crippen LogP contribution in [0, 0.1) is 0 Å². The monoisotopic (exact) mass is 233 g/mol. The molecule has 1 aromatic rings. The van der Waals surface area contributed by atoms with Crippen molar-refractivity contribution in [1.82, 2.24) is 9.80 Å². The third kappa shape index (κ3) is 2.13. The van der Waals surface area contributed by atoms with E-state index in [4.69, 9.17) is 5.73 Å². The Morgan fingerprint density at radius 3 is 2.65 bits per heavy atom. The van der Waals surface area contributed by atoms with Gasteiger partial charge in [0.25, 0.3) is 0 Å². The summed E-state index contributed by atoms with van der Waals surface area (Å²) in [6, 6.07) is 10.4. The highest BCUT2D eigenvalue weighted by atomic mass is 16.2. The van der Waals surface area contributed by atoms with Crippen LogP contribution in [-0.2, 0) is 0 Å². The zero-order valence-electron chi connectivity index (χ0n) is 10.3. The molecule has 92 valence electrons. The maximum absolute atomic E-state index is 12.1. The average molecular weight is 233 g/mol. The fourth-order valence-corrected chi connectivity index (χ4v) is 2.22. The van der Waals surface area contributed by atoms with E-state index >= 15 is 0 Å². The number of nitrogens with zero attached hydrogens (tertiary/aromatic N) is 2. The number of likely N-dealkylation sites (N-methyl/N-ethyl adjacent to an activating group) is 1. The standard InChI is InChI=1S/C13H19N3O/c1-10(8-14)16-9-12(15(2)13(16)17)11-6-4-3-5-7-11/h3-7,10,12H,8-9,14H2,1-2H3. The topological polar surface area (TPSA) is 49.6 Å². The minimum absolute atomic E-state index is 0.0665. The molecule has 2 amide bonds. The highest BCUT2D eigenvalue weighted by Crippen LogP contribution is 2.28. The predicted octanol–water partition coefficient (Wildman–Crippen LogP) is 1.44. The molecule has 17 heavy (non-hydrogen) atoms. The van der Waals surface area contributed by atoms with Crippen molar-refractivity contribution in [3.05, 3.63) is 35.9 Å². The highest BCUT2D eigenvalue weighted by molar-refractivity contribution is 5.77. The van der Waals surface area contributed by atoms with Crippen molar-refractivity contribution in [3.63, 3.8) is 0 Å². The number of carbonyl (C=O) groups excluding carboxylic acids is 1. The van der Waals surface area contributed by atoms with Gasteiger partial charge in [0.2, 0.25) is 0 Å². The number of urea groups is 1. The van der Waals surface area contributed by atoms with Gasteiger partial charge in [0.1, 0.15) is 0 Å². The number of hydrogen-bond acceptors (Lipinski definition) is 2. The Kier molecular flexibility index (Phi) is 3.33. The van der Waals surface area contributed by atoms with Gasteiger partial charge in [-0.2, -0.15) is 0 Å². The van der Waals surface area contributed by atoms with Crippen LogP contribution in [0.1, 0.15) is 18.5 Å². The van der Waals surface area contributed by atoms with Crippen molar-refractivity contribution in [2.75, 3.05) is 20.1 Å². The van der Waals surface area contributed by atoms with Crippen LogP contribution in [-0.4, -0.2) is 42.0 Å². The van der Waals surface area contributed by atoms with Gasteiger partial charge in [0.15, 0.2) is 0 Å². The molecule has 2 unspecified atom stereocenters. The molecule has 4 nitrogen and oxygen atoms in total. The molecule has 2 atom stereocenters. The summed E-state index contributed by atoms with van der Waals surface area (Å²) in [7, 11) is 1.85. The SMILES string of the molecule is CC(CN)N1CC(c2ccccc2)N(C)C1=O. The first-order chi connectivity index (χ1) is 8.15. The van der Waals surface area contributed by atoms with Gasteiger partial charge in [-0.05, 0) is 12.5 Å². The molecular weight excluding hydrogens is 214 g/mol. The van der Waals surface area contributed by atoms with E-state index in [1.165, 1.54) is 5.56 Å². The lowest BCUT2D eigenvalue weighted by atomic mass is 10.1. The van der Waals surface area contributed by atoms with Crippen LogP contribution >= 0.6 is 0 Å². The molecule has 1 saturated heterocycles. The maximum atomic E-state index is 12.1. The summed E-state index contributed by atoms with van der Waals surface area (Å²) >= 11 is 0. The van der Waals surface area contributed by atoms with E-state index in [-0.39, 0.29) is 18.1 Å². The second-order valence-corrected chi connectivity index (χ2v) is 4.56. The Morgan fingerprint density at radius 2 is 2.06 bits per heavy atom. The van der Waals surface area contributed by atoms with Crippen molar-refractivity contribution >= 4 is 6.03 Å². The van der Waals surface area contributed by atoms with Gasteiger partial charge in [-0.25, -0.2) is 4.79 Å². The molecule has 1 fully saturated rings. The molecule has 0 saturated carbocycles. The summed E-state index contributed by atoms with van der Waals surface area (Å²) in [6.45, 7) is 3.21. The molecule has 0 bridgehead atoms. The van der Waals surface area contributed by atoms with Gasteiger partial charge in [0, 0.05) is 26.2 Å². The molecule has 0 aromatic heterocycles. The molecule has 4 heteroatoms. The Balaban J connectivity index is 2.20. The van der Waals surface area contributed by atoms with E-state index in [1.54, 1.807) is 4.90 Å². The van der Waals surface area contributed by atoms with E-state index in [0.717, 1.165) is 6.54 Å². The zero-order chi connectivity index (χ0) is 12.4. The molecule has 1 aliphatic rings. The van der Waals surface area contributed by atoms with E-state index in [0.29, 0.717) is 6.54 Å². The lowest BCUT2D eigenvalue weighted by molar-refractivity contribution is 0.185. The Labute approximate surface area is 102 Å². The number of benzene rings is 1. The van der Waals surface area contributed by atoms with E-state index in [1.807, 2.05) is 37.1 Å². The first-order valence-corrected chi connectivity index (χ1v) is 5.93. The number of amides is 2. The van der Waals surface area contributed by atoms with Crippen LogP contribution in [0.15, 0.2) is 30.3 Å². The van der Waals surface area contributed by atoms with Crippen molar-refractivity contribution in [2.24, 2.45) is 5.73 Å². The average Bonchev–Trinajstić information content (AvgIpc) is 2.67. The zero-order valence-corrected chi connectivity index (χ0v) is 10.3. The minimum Gasteiger partial charge on any atom is -0.328 e. The van der Waals surface area contributed by atoms with Crippen LogP contribution < -0.4 is 5.73 Å². The number of rotatable bonds is 3. The van der Waals surface area contributed by atoms with Gasteiger partial charge in [-0.3, -0.25) is 0 Å². The summed E-state index contributed by atoms with van der Waals surface area (Å²) in [4.78, 5) is 15.7. The maximum Gasteiger partial charge on any atom is 0.320 e. The predicted molar refractivity (Wildman–Crippen MR) is 67.6 cm³/mol. The van der Waals surface area contributed by atoms with Gasteiger partial charge < -0.3 is 15.5 Å². The minimum atomic E-state index is 0.0665.